The van der Waals surface area contributed by atoms with Crippen molar-refractivity contribution in [2.24, 2.45) is 0 Å². The highest BCUT2D eigenvalue weighted by atomic mass is 16.6. The van der Waals surface area contributed by atoms with E-state index in [4.69, 9.17) is 0 Å². The Kier molecular flexibility index (Phi) is 4.53. The molecule has 0 radical (unpaired) electrons. The van der Waals surface area contributed by atoms with E-state index < -0.39 is 0 Å². The molecule has 0 bridgehead atoms. The van der Waals surface area contributed by atoms with Gasteiger partial charge in [0.25, 0.3) is 0 Å². The Morgan fingerprint density at radius 2 is 1.94 bits per heavy atom. The maximum atomic E-state index is 11.2. The average Bonchev–Trinajstić information content (AvgIpc) is 2.27. The summed E-state index contributed by atoms with van der Waals surface area (Å²) in [7, 11) is 1.68. The lowest BCUT2D eigenvalue weighted by Crippen LogP contribution is -2.30. The molecule has 2 N–H and O–H groups in total. The van der Waals surface area contributed by atoms with E-state index in [2.05, 4.69) is 17.6 Å². The number of rotatable bonds is 6. The van der Waals surface area contributed by atoms with E-state index in [1.54, 1.807) is 19.2 Å². The van der Waals surface area contributed by atoms with Crippen molar-refractivity contribution in [3.63, 3.8) is 0 Å². The normalized spacial score (nSPS) is 11.1. The highest BCUT2D eigenvalue weighted by Crippen LogP contribution is 2.34. The first kappa shape index (κ1) is 14.3. The van der Waals surface area contributed by atoms with Crippen molar-refractivity contribution >= 4 is 17.1 Å². The molecule has 0 aliphatic rings. The molecule has 18 heavy (non-hydrogen) atoms. The molecule has 0 amide bonds. The molecule has 0 fully saturated rings. The summed E-state index contributed by atoms with van der Waals surface area (Å²) in [6.45, 7) is 6.19. The molecule has 0 aromatic heterocycles. The van der Waals surface area contributed by atoms with Crippen LogP contribution in [0.3, 0.4) is 0 Å². The minimum atomic E-state index is -0.351. The van der Waals surface area contributed by atoms with Crippen LogP contribution in [0.15, 0.2) is 18.2 Å². The molecule has 0 heterocycles. The van der Waals surface area contributed by atoms with Crippen LogP contribution in [0.5, 0.6) is 0 Å². The average molecular weight is 251 g/mol. The highest BCUT2D eigenvalue weighted by Gasteiger charge is 2.24. The quantitative estimate of drug-likeness (QED) is 0.598. The molecular formula is C13H21N3O2. The highest BCUT2D eigenvalue weighted by molar-refractivity contribution is 5.76. The Labute approximate surface area is 108 Å². The van der Waals surface area contributed by atoms with E-state index in [9.17, 15) is 10.1 Å². The predicted octanol–water partition coefficient (Wildman–Crippen LogP) is 3.63. The second-order valence-corrected chi connectivity index (χ2v) is 4.97. The Morgan fingerprint density at radius 1 is 1.33 bits per heavy atom. The minimum Gasteiger partial charge on any atom is -0.382 e. The van der Waals surface area contributed by atoms with Crippen LogP contribution in [0.25, 0.3) is 0 Å². The van der Waals surface area contributed by atoms with Gasteiger partial charge in [0.1, 0.15) is 11.4 Å². The van der Waals surface area contributed by atoms with Crippen LogP contribution in [0, 0.1) is 10.1 Å². The Balaban J connectivity index is 3.12. The predicted molar refractivity (Wildman–Crippen MR) is 75.3 cm³/mol. The van der Waals surface area contributed by atoms with Gasteiger partial charge in [-0.05, 0) is 32.4 Å². The van der Waals surface area contributed by atoms with Crippen molar-refractivity contribution in [2.45, 2.75) is 39.2 Å². The molecule has 0 aliphatic heterocycles. The molecule has 100 valence electrons. The van der Waals surface area contributed by atoms with Gasteiger partial charge >= 0.3 is 5.69 Å². The molecule has 5 heteroatoms. The van der Waals surface area contributed by atoms with Crippen LogP contribution in [0.2, 0.25) is 0 Å². The molecule has 1 aromatic carbocycles. The summed E-state index contributed by atoms with van der Waals surface area (Å²) in [4.78, 5) is 10.8. The van der Waals surface area contributed by atoms with Gasteiger partial charge in [-0.2, -0.15) is 0 Å². The monoisotopic (exact) mass is 251 g/mol. The van der Waals surface area contributed by atoms with Crippen LogP contribution >= 0.6 is 0 Å². The smallest absolute Gasteiger partial charge is 0.315 e. The van der Waals surface area contributed by atoms with Gasteiger partial charge in [0.2, 0.25) is 0 Å². The number of nitro groups is 1. The number of para-hydroxylation sites is 1. The fourth-order valence-electron chi connectivity index (χ4n) is 2.09. The summed E-state index contributed by atoms with van der Waals surface area (Å²) in [5.41, 5.74) is 1.03. The standard InChI is InChI=1S/C13H21N3O2/c1-5-9-13(2,3)15-11-8-6-7-10(14-4)12(11)16(17)18/h6-8,14-15H,5,9H2,1-4H3. The van der Waals surface area contributed by atoms with Crippen LogP contribution in [-0.4, -0.2) is 17.5 Å². The summed E-state index contributed by atoms with van der Waals surface area (Å²) >= 11 is 0. The van der Waals surface area contributed by atoms with Crippen molar-refractivity contribution in [1.29, 1.82) is 0 Å². The van der Waals surface area contributed by atoms with E-state index in [0.29, 0.717) is 11.4 Å². The lowest BCUT2D eigenvalue weighted by atomic mass is 9.98. The van der Waals surface area contributed by atoms with Crippen LogP contribution in [-0.2, 0) is 0 Å². The summed E-state index contributed by atoms with van der Waals surface area (Å²) < 4.78 is 0. The van der Waals surface area contributed by atoms with Gasteiger partial charge in [-0.1, -0.05) is 19.4 Å². The van der Waals surface area contributed by atoms with E-state index >= 15 is 0 Å². The molecule has 0 saturated carbocycles. The molecule has 5 nitrogen and oxygen atoms in total. The minimum absolute atomic E-state index is 0.101. The second kappa shape index (κ2) is 5.71. The Hall–Kier alpha value is -1.78. The van der Waals surface area contributed by atoms with Gasteiger partial charge in [-0.25, -0.2) is 0 Å². The number of nitrogens with one attached hydrogen (secondary N) is 2. The molecule has 0 unspecified atom stereocenters. The number of anilines is 2. The zero-order valence-electron chi connectivity index (χ0n) is 11.4. The third kappa shape index (κ3) is 3.35. The zero-order valence-corrected chi connectivity index (χ0v) is 11.4. The summed E-state index contributed by atoms with van der Waals surface area (Å²) in [6, 6.07) is 5.26. The Bertz CT molecular complexity index is 430. The molecule has 1 aromatic rings. The van der Waals surface area contributed by atoms with E-state index in [1.807, 2.05) is 19.9 Å². The zero-order chi connectivity index (χ0) is 13.8. The number of nitrogens with zero attached hydrogens (tertiary/aromatic N) is 1. The van der Waals surface area contributed by atoms with Gasteiger partial charge in [0.15, 0.2) is 0 Å². The third-order valence-electron chi connectivity index (χ3n) is 2.84. The van der Waals surface area contributed by atoms with Crippen LogP contribution in [0.4, 0.5) is 17.1 Å². The second-order valence-electron chi connectivity index (χ2n) is 4.97. The fourth-order valence-corrected chi connectivity index (χ4v) is 2.09. The van der Waals surface area contributed by atoms with Crippen LogP contribution in [0.1, 0.15) is 33.6 Å². The molecule has 0 aliphatic carbocycles. The van der Waals surface area contributed by atoms with Gasteiger partial charge < -0.3 is 10.6 Å². The van der Waals surface area contributed by atoms with Crippen molar-refractivity contribution in [2.75, 3.05) is 17.7 Å². The van der Waals surface area contributed by atoms with Crippen molar-refractivity contribution in [3.05, 3.63) is 28.3 Å². The first-order valence-corrected chi connectivity index (χ1v) is 6.14. The maximum Gasteiger partial charge on any atom is 0.315 e. The molecule has 0 saturated heterocycles. The first-order valence-electron chi connectivity index (χ1n) is 6.14. The number of hydrogen-bond acceptors (Lipinski definition) is 4. The lowest BCUT2D eigenvalue weighted by molar-refractivity contribution is -0.383. The third-order valence-corrected chi connectivity index (χ3v) is 2.84. The summed E-state index contributed by atoms with van der Waals surface area (Å²) in [6.07, 6.45) is 1.98. The topological polar surface area (TPSA) is 67.2 Å². The summed E-state index contributed by atoms with van der Waals surface area (Å²) in [5, 5.41) is 17.3. The van der Waals surface area contributed by atoms with Crippen molar-refractivity contribution < 1.29 is 4.92 Å². The maximum absolute atomic E-state index is 11.2. The number of benzene rings is 1. The van der Waals surface area contributed by atoms with Gasteiger partial charge in [-0.15, -0.1) is 0 Å². The van der Waals surface area contributed by atoms with Gasteiger partial charge in [0, 0.05) is 12.6 Å². The van der Waals surface area contributed by atoms with E-state index in [0.717, 1.165) is 12.8 Å². The Morgan fingerprint density at radius 3 is 2.44 bits per heavy atom. The van der Waals surface area contributed by atoms with Gasteiger partial charge in [0.05, 0.1) is 4.92 Å². The molecule has 0 spiro atoms. The number of nitro benzene ring substituents is 1. The van der Waals surface area contributed by atoms with E-state index in [1.165, 1.54) is 0 Å². The van der Waals surface area contributed by atoms with Crippen molar-refractivity contribution in [1.82, 2.24) is 0 Å². The number of hydrogen-bond donors (Lipinski definition) is 2. The lowest BCUT2D eigenvalue weighted by Gasteiger charge is -2.27. The SMILES string of the molecule is CCCC(C)(C)Nc1cccc(NC)c1[N+](=O)[O-]. The summed E-state index contributed by atoms with van der Waals surface area (Å²) in [5.74, 6) is 0. The van der Waals surface area contributed by atoms with Gasteiger partial charge in [-0.3, -0.25) is 10.1 Å². The van der Waals surface area contributed by atoms with Crippen LogP contribution < -0.4 is 10.6 Å². The van der Waals surface area contributed by atoms with E-state index in [-0.39, 0.29) is 16.1 Å². The molecular weight excluding hydrogens is 230 g/mol. The molecule has 1 rings (SSSR count). The fraction of sp³-hybridized carbons (Fsp3) is 0.538. The first-order chi connectivity index (χ1) is 8.41. The largest absolute Gasteiger partial charge is 0.382 e. The molecule has 0 atom stereocenters. The van der Waals surface area contributed by atoms with Crippen molar-refractivity contribution in [3.8, 4) is 0 Å².